The predicted octanol–water partition coefficient (Wildman–Crippen LogP) is 3.16. The van der Waals surface area contributed by atoms with Crippen molar-refractivity contribution in [3.8, 4) is 0 Å². The molecule has 3 aromatic rings. The van der Waals surface area contributed by atoms with E-state index in [9.17, 15) is 9.90 Å². The molecule has 6 rings (SSSR count). The van der Waals surface area contributed by atoms with Gasteiger partial charge in [-0.05, 0) is 45.0 Å². The third kappa shape index (κ3) is 5.93. The van der Waals surface area contributed by atoms with Crippen molar-refractivity contribution >= 4 is 40.7 Å². The molecule has 3 aromatic heterocycles. The van der Waals surface area contributed by atoms with Crippen molar-refractivity contribution in [2.45, 2.75) is 31.9 Å². The number of aryl methyl sites for hydroxylation is 1. The Morgan fingerprint density at radius 1 is 1.12 bits per heavy atom. The molecule has 0 unspecified atom stereocenters. The number of pyridine rings is 2. The van der Waals surface area contributed by atoms with Gasteiger partial charge in [-0.25, -0.2) is 9.98 Å². The first kappa shape index (κ1) is 29.0. The maximum atomic E-state index is 12.9. The summed E-state index contributed by atoms with van der Waals surface area (Å²) >= 11 is 0. The van der Waals surface area contributed by atoms with Gasteiger partial charge in [-0.1, -0.05) is 6.58 Å². The van der Waals surface area contributed by atoms with Gasteiger partial charge >= 0.3 is 0 Å². The molecule has 2 fully saturated rings. The van der Waals surface area contributed by atoms with Gasteiger partial charge in [-0.15, -0.1) is 0 Å². The minimum atomic E-state index is -0.641. The number of β-amino-alcohol motifs (C(OH)–C–C–N with tert-alkyl or cyclic N) is 1. The highest BCUT2D eigenvalue weighted by Crippen LogP contribution is 2.36. The first-order chi connectivity index (χ1) is 20.7. The van der Waals surface area contributed by atoms with E-state index in [1.807, 2.05) is 49.1 Å². The first-order valence-corrected chi connectivity index (χ1v) is 15.0. The number of hydrogen-bond acceptors (Lipinski definition) is 9. The monoisotopic (exact) mass is 583 g/mol. The van der Waals surface area contributed by atoms with Crippen molar-refractivity contribution in [1.82, 2.24) is 29.7 Å². The van der Waals surface area contributed by atoms with E-state index >= 15 is 0 Å². The molecule has 3 aliphatic heterocycles. The Balaban J connectivity index is 1.13. The average Bonchev–Trinajstić information content (AvgIpc) is 3.58. The molecule has 0 spiro atoms. The third-order valence-corrected chi connectivity index (χ3v) is 8.92. The molecule has 11 nitrogen and oxygen atoms in total. The molecule has 6 heterocycles. The van der Waals surface area contributed by atoms with Crippen molar-refractivity contribution in [3.63, 3.8) is 0 Å². The van der Waals surface area contributed by atoms with Crippen molar-refractivity contribution in [2.24, 2.45) is 12.0 Å². The number of piperidine rings is 1. The SMILES string of the molecule is C=C(c1ccn(C)c1N=CC)c1ncc(Nc2ccc(N3CCC(O)(CN4CCN(C)CC4)CC3)cn2)c2c1CNC2=O. The topological polar surface area (TPSA) is 114 Å². The summed E-state index contributed by atoms with van der Waals surface area (Å²) in [5, 5.41) is 17.5. The summed E-state index contributed by atoms with van der Waals surface area (Å²) in [4.78, 5) is 33.8. The lowest BCUT2D eigenvalue weighted by molar-refractivity contribution is -0.0250. The van der Waals surface area contributed by atoms with Crippen LogP contribution in [0, 0.1) is 0 Å². The van der Waals surface area contributed by atoms with Crippen LogP contribution < -0.4 is 15.5 Å². The minimum absolute atomic E-state index is 0.150. The van der Waals surface area contributed by atoms with Gasteiger partial charge in [0.25, 0.3) is 5.91 Å². The number of likely N-dealkylation sites (N-methyl/N-ethyl adjacent to an activating group) is 1. The number of aliphatic imine (C=N–C) groups is 1. The Labute approximate surface area is 252 Å². The summed E-state index contributed by atoms with van der Waals surface area (Å²) in [5.74, 6) is 1.27. The number of aromatic nitrogens is 3. The largest absolute Gasteiger partial charge is 0.388 e. The van der Waals surface area contributed by atoms with Crippen molar-refractivity contribution in [1.29, 1.82) is 0 Å². The fourth-order valence-corrected chi connectivity index (χ4v) is 6.31. The van der Waals surface area contributed by atoms with Gasteiger partial charge in [0.15, 0.2) is 0 Å². The van der Waals surface area contributed by atoms with Crippen LogP contribution in [0.4, 0.5) is 23.0 Å². The molecule has 43 heavy (non-hydrogen) atoms. The highest BCUT2D eigenvalue weighted by molar-refractivity contribution is 6.05. The number of fused-ring (bicyclic) bond motifs is 1. The predicted molar refractivity (Wildman–Crippen MR) is 171 cm³/mol. The van der Waals surface area contributed by atoms with Crippen LogP contribution in [0.3, 0.4) is 0 Å². The number of carbonyl (C=O) groups is 1. The summed E-state index contributed by atoms with van der Waals surface area (Å²) in [6, 6.07) is 5.93. The second-order valence-electron chi connectivity index (χ2n) is 11.9. The molecule has 226 valence electrons. The fourth-order valence-electron chi connectivity index (χ4n) is 6.31. The lowest BCUT2D eigenvalue weighted by atomic mass is 9.90. The summed E-state index contributed by atoms with van der Waals surface area (Å²) in [6.07, 6.45) is 8.69. The number of hydrogen-bond donors (Lipinski definition) is 3. The van der Waals surface area contributed by atoms with Crippen LogP contribution in [0.5, 0.6) is 0 Å². The smallest absolute Gasteiger partial charge is 0.254 e. The molecule has 3 aliphatic rings. The fraction of sp³-hybridized carbons (Fsp3) is 0.438. The zero-order valence-electron chi connectivity index (χ0n) is 25.3. The zero-order chi connectivity index (χ0) is 30.1. The number of nitrogens with zero attached hydrogens (tertiary/aromatic N) is 7. The van der Waals surface area contributed by atoms with Gasteiger partial charge in [0.05, 0.1) is 40.6 Å². The third-order valence-electron chi connectivity index (χ3n) is 8.92. The first-order valence-electron chi connectivity index (χ1n) is 15.0. The molecule has 3 N–H and O–H groups in total. The Morgan fingerprint density at radius 2 is 1.88 bits per heavy atom. The second kappa shape index (κ2) is 11.9. The number of nitrogens with one attached hydrogen (secondary N) is 2. The van der Waals surface area contributed by atoms with E-state index in [1.165, 1.54) is 0 Å². The molecule has 2 saturated heterocycles. The van der Waals surface area contributed by atoms with Gasteiger partial charge in [-0.2, -0.15) is 0 Å². The highest BCUT2D eigenvalue weighted by Gasteiger charge is 2.35. The normalized spacial score (nSPS) is 19.1. The molecular formula is C32H41N9O2. The Kier molecular flexibility index (Phi) is 8.04. The van der Waals surface area contributed by atoms with E-state index in [0.29, 0.717) is 29.3 Å². The van der Waals surface area contributed by atoms with Crippen LogP contribution in [-0.4, -0.2) is 100 Å². The minimum Gasteiger partial charge on any atom is -0.388 e. The summed E-state index contributed by atoms with van der Waals surface area (Å²) in [7, 11) is 4.09. The van der Waals surface area contributed by atoms with Crippen LogP contribution in [0.15, 0.2) is 48.4 Å². The summed E-state index contributed by atoms with van der Waals surface area (Å²) < 4.78 is 1.94. The van der Waals surface area contributed by atoms with Gasteiger partial charge in [0.2, 0.25) is 0 Å². The Hall–Kier alpha value is -4.06. The number of amides is 1. The highest BCUT2D eigenvalue weighted by atomic mass is 16.3. The average molecular weight is 584 g/mol. The number of piperazine rings is 1. The molecule has 0 radical (unpaired) electrons. The van der Waals surface area contributed by atoms with E-state index in [1.54, 1.807) is 12.4 Å². The lowest BCUT2D eigenvalue weighted by Crippen LogP contribution is -2.54. The van der Waals surface area contributed by atoms with Gasteiger partial charge in [-0.3, -0.25) is 14.7 Å². The maximum absolute atomic E-state index is 12.9. The molecule has 1 amide bonds. The van der Waals surface area contributed by atoms with E-state index in [0.717, 1.165) is 86.9 Å². The van der Waals surface area contributed by atoms with E-state index in [-0.39, 0.29) is 5.91 Å². The van der Waals surface area contributed by atoms with Crippen molar-refractivity contribution in [2.75, 3.05) is 63.1 Å². The number of anilines is 3. The zero-order valence-corrected chi connectivity index (χ0v) is 25.3. The van der Waals surface area contributed by atoms with Crippen molar-refractivity contribution < 1.29 is 9.90 Å². The number of rotatable bonds is 8. The van der Waals surface area contributed by atoms with Crippen molar-refractivity contribution in [3.05, 3.63) is 65.8 Å². The molecule has 11 heteroatoms. The molecule has 0 atom stereocenters. The number of aliphatic hydroxyl groups is 1. The van der Waals surface area contributed by atoms with E-state index in [4.69, 9.17) is 4.98 Å². The van der Waals surface area contributed by atoms with Crippen LogP contribution in [0.25, 0.3) is 5.57 Å². The Morgan fingerprint density at radius 3 is 2.58 bits per heavy atom. The Bertz CT molecular complexity index is 1530. The van der Waals surface area contributed by atoms with Crippen LogP contribution in [0.2, 0.25) is 0 Å². The van der Waals surface area contributed by atoms with Gasteiger partial charge in [0.1, 0.15) is 11.6 Å². The lowest BCUT2D eigenvalue weighted by Gasteiger charge is -2.43. The van der Waals surface area contributed by atoms with Crippen LogP contribution in [0.1, 0.15) is 46.9 Å². The van der Waals surface area contributed by atoms with Crippen LogP contribution in [-0.2, 0) is 13.6 Å². The molecular weight excluding hydrogens is 542 g/mol. The van der Waals surface area contributed by atoms with Gasteiger partial charge in [0, 0.05) is 88.5 Å². The molecule has 0 bridgehead atoms. The standard InChI is InChI=1S/C32H41N9O2/c1-5-33-30-24(8-11-39(30)4)22(2)29-25-19-36-31(42)28(25)26(20-35-29)37-27-7-6-23(18-34-27)41-12-9-32(43,10-13-41)21-40-16-14-38(3)15-17-40/h5-8,11,18,20,43H,2,9-10,12-17,19,21H2,1,3-4H3,(H,34,37)(H,36,42). The summed E-state index contributed by atoms with van der Waals surface area (Å²) in [5.41, 5.74) is 4.63. The quantitative estimate of drug-likeness (QED) is 0.347. The molecule has 0 aromatic carbocycles. The van der Waals surface area contributed by atoms with E-state index in [2.05, 4.69) is 48.9 Å². The molecule has 0 aliphatic carbocycles. The van der Waals surface area contributed by atoms with E-state index < -0.39 is 5.60 Å². The molecule has 0 saturated carbocycles. The van der Waals surface area contributed by atoms with Crippen LogP contribution >= 0.6 is 0 Å². The number of carbonyl (C=O) groups excluding carboxylic acids is 1. The second-order valence-corrected chi connectivity index (χ2v) is 11.9. The summed E-state index contributed by atoms with van der Waals surface area (Å²) in [6.45, 7) is 13.0. The van der Waals surface area contributed by atoms with Gasteiger partial charge < -0.3 is 30.1 Å². The maximum Gasteiger partial charge on any atom is 0.254 e.